The van der Waals surface area contributed by atoms with Gasteiger partial charge in [0.05, 0.1) is 13.2 Å². The largest absolute Gasteiger partial charge is 0.496 e. The Labute approximate surface area is 125 Å². The molecule has 2 aromatic carbocycles. The molecule has 0 fully saturated rings. The van der Waals surface area contributed by atoms with E-state index in [1.165, 1.54) is 16.0 Å². The second-order valence-corrected chi connectivity index (χ2v) is 5.72. The maximum atomic E-state index is 5.49. The van der Waals surface area contributed by atoms with E-state index in [0.29, 0.717) is 0 Å². The average molecular weight is 287 g/mol. The van der Waals surface area contributed by atoms with E-state index in [1.54, 1.807) is 18.9 Å². The van der Waals surface area contributed by atoms with Gasteiger partial charge in [-0.25, -0.2) is 0 Å². The molecule has 20 heavy (non-hydrogen) atoms. The van der Waals surface area contributed by atoms with Crippen LogP contribution >= 0.6 is 11.8 Å². The molecule has 0 aliphatic rings. The lowest BCUT2D eigenvalue weighted by Gasteiger charge is -2.19. The van der Waals surface area contributed by atoms with Crippen molar-refractivity contribution in [3.05, 3.63) is 53.6 Å². The van der Waals surface area contributed by atoms with E-state index in [4.69, 9.17) is 4.74 Å². The Bertz CT molecular complexity index is 583. The van der Waals surface area contributed by atoms with Gasteiger partial charge in [-0.15, -0.1) is 11.8 Å². The van der Waals surface area contributed by atoms with Gasteiger partial charge >= 0.3 is 0 Å². The Morgan fingerprint density at radius 3 is 2.65 bits per heavy atom. The molecule has 0 heterocycles. The van der Waals surface area contributed by atoms with Crippen LogP contribution in [0.25, 0.3) is 0 Å². The zero-order chi connectivity index (χ0) is 14.5. The SMILES string of the molecule is COc1cc(C)ccc1C(C)Nc1cccc(SC)c1. The number of nitrogens with one attached hydrogen (secondary N) is 1. The first kappa shape index (κ1) is 14.8. The summed E-state index contributed by atoms with van der Waals surface area (Å²) >= 11 is 1.75. The minimum absolute atomic E-state index is 0.197. The van der Waals surface area contributed by atoms with E-state index in [-0.39, 0.29) is 6.04 Å². The van der Waals surface area contributed by atoms with E-state index in [9.17, 15) is 0 Å². The maximum absolute atomic E-state index is 5.49. The molecule has 0 bridgehead atoms. The van der Waals surface area contributed by atoms with Crippen LogP contribution in [0, 0.1) is 6.92 Å². The lowest BCUT2D eigenvalue weighted by atomic mass is 10.0. The lowest BCUT2D eigenvalue weighted by Crippen LogP contribution is -2.08. The van der Waals surface area contributed by atoms with Crippen molar-refractivity contribution >= 4 is 17.4 Å². The predicted molar refractivity (Wildman–Crippen MR) is 88.0 cm³/mol. The summed E-state index contributed by atoms with van der Waals surface area (Å²) in [5, 5.41) is 3.53. The number of hydrogen-bond acceptors (Lipinski definition) is 3. The fourth-order valence-corrected chi connectivity index (χ4v) is 2.68. The highest BCUT2D eigenvalue weighted by molar-refractivity contribution is 7.98. The molecule has 0 saturated heterocycles. The topological polar surface area (TPSA) is 21.3 Å². The van der Waals surface area contributed by atoms with Gasteiger partial charge in [-0.3, -0.25) is 0 Å². The third-order valence-corrected chi connectivity index (χ3v) is 4.03. The molecule has 0 aromatic heterocycles. The highest BCUT2D eigenvalue weighted by atomic mass is 32.2. The molecule has 2 rings (SSSR count). The van der Waals surface area contributed by atoms with Crippen molar-refractivity contribution < 1.29 is 4.74 Å². The zero-order valence-corrected chi connectivity index (χ0v) is 13.3. The minimum atomic E-state index is 0.197. The normalized spacial score (nSPS) is 12.0. The van der Waals surface area contributed by atoms with Crippen LogP contribution in [0.1, 0.15) is 24.1 Å². The van der Waals surface area contributed by atoms with E-state index >= 15 is 0 Å². The maximum Gasteiger partial charge on any atom is 0.124 e. The molecule has 1 unspecified atom stereocenters. The summed E-state index contributed by atoms with van der Waals surface area (Å²) in [6, 6.07) is 15.0. The molecule has 106 valence electrons. The van der Waals surface area contributed by atoms with Crippen molar-refractivity contribution in [1.82, 2.24) is 0 Å². The monoisotopic (exact) mass is 287 g/mol. The van der Waals surface area contributed by atoms with E-state index in [1.807, 2.05) is 0 Å². The highest BCUT2D eigenvalue weighted by Gasteiger charge is 2.11. The summed E-state index contributed by atoms with van der Waals surface area (Å²) < 4.78 is 5.49. The van der Waals surface area contributed by atoms with Gasteiger partial charge in [0, 0.05) is 16.1 Å². The predicted octanol–water partition coefficient (Wildman–Crippen LogP) is 4.90. The van der Waals surface area contributed by atoms with Crippen molar-refractivity contribution in [1.29, 1.82) is 0 Å². The highest BCUT2D eigenvalue weighted by Crippen LogP contribution is 2.29. The number of benzene rings is 2. The average Bonchev–Trinajstić information content (AvgIpc) is 2.47. The second-order valence-electron chi connectivity index (χ2n) is 4.84. The number of thioether (sulfide) groups is 1. The van der Waals surface area contributed by atoms with E-state index in [0.717, 1.165) is 11.4 Å². The summed E-state index contributed by atoms with van der Waals surface area (Å²) in [5.74, 6) is 0.936. The summed E-state index contributed by atoms with van der Waals surface area (Å²) in [4.78, 5) is 1.26. The lowest BCUT2D eigenvalue weighted by molar-refractivity contribution is 0.407. The number of aryl methyl sites for hydroxylation is 1. The molecule has 2 nitrogen and oxygen atoms in total. The summed E-state index contributed by atoms with van der Waals surface area (Å²) in [6.45, 7) is 4.23. The van der Waals surface area contributed by atoms with Crippen molar-refractivity contribution in [2.24, 2.45) is 0 Å². The van der Waals surface area contributed by atoms with Crippen LogP contribution in [0.15, 0.2) is 47.4 Å². The van der Waals surface area contributed by atoms with Crippen LogP contribution in [0.2, 0.25) is 0 Å². The van der Waals surface area contributed by atoms with E-state index in [2.05, 4.69) is 67.9 Å². The number of methoxy groups -OCH3 is 1. The van der Waals surface area contributed by atoms with Gasteiger partial charge < -0.3 is 10.1 Å². The first-order valence-corrected chi connectivity index (χ1v) is 7.91. The van der Waals surface area contributed by atoms with Gasteiger partial charge in [0.1, 0.15) is 5.75 Å². The number of hydrogen-bond donors (Lipinski definition) is 1. The second kappa shape index (κ2) is 6.71. The summed E-state index contributed by atoms with van der Waals surface area (Å²) in [7, 11) is 1.72. The van der Waals surface area contributed by atoms with Crippen LogP contribution < -0.4 is 10.1 Å². The minimum Gasteiger partial charge on any atom is -0.496 e. The van der Waals surface area contributed by atoms with Crippen LogP contribution in [-0.4, -0.2) is 13.4 Å². The van der Waals surface area contributed by atoms with Crippen molar-refractivity contribution in [3.8, 4) is 5.75 Å². The van der Waals surface area contributed by atoms with Gasteiger partial charge in [0.25, 0.3) is 0 Å². The summed E-state index contributed by atoms with van der Waals surface area (Å²) in [6.07, 6.45) is 2.09. The molecule has 0 radical (unpaired) electrons. The van der Waals surface area contributed by atoms with Gasteiger partial charge in [-0.1, -0.05) is 18.2 Å². The van der Waals surface area contributed by atoms with Gasteiger partial charge in [0.15, 0.2) is 0 Å². The first-order valence-electron chi connectivity index (χ1n) is 6.69. The fraction of sp³-hybridized carbons (Fsp3) is 0.294. The van der Waals surface area contributed by atoms with Crippen molar-refractivity contribution in [3.63, 3.8) is 0 Å². The van der Waals surface area contributed by atoms with Gasteiger partial charge in [-0.2, -0.15) is 0 Å². The van der Waals surface area contributed by atoms with Gasteiger partial charge in [0.2, 0.25) is 0 Å². The molecule has 0 amide bonds. The van der Waals surface area contributed by atoms with Crippen LogP contribution in [-0.2, 0) is 0 Å². The number of anilines is 1. The molecule has 0 aliphatic carbocycles. The fourth-order valence-electron chi connectivity index (χ4n) is 2.22. The van der Waals surface area contributed by atoms with Crippen molar-refractivity contribution in [2.45, 2.75) is 24.8 Å². The Balaban J connectivity index is 2.21. The molecule has 0 aliphatic heterocycles. The van der Waals surface area contributed by atoms with Crippen LogP contribution in [0.5, 0.6) is 5.75 Å². The molecule has 2 aromatic rings. The van der Waals surface area contributed by atoms with Crippen LogP contribution in [0.3, 0.4) is 0 Å². The van der Waals surface area contributed by atoms with Gasteiger partial charge in [-0.05, 0) is 49.9 Å². The third-order valence-electron chi connectivity index (χ3n) is 3.31. The Hall–Kier alpha value is -1.61. The quantitative estimate of drug-likeness (QED) is 0.790. The molecule has 3 heteroatoms. The molecule has 1 atom stereocenters. The smallest absolute Gasteiger partial charge is 0.124 e. The summed E-state index contributed by atoms with van der Waals surface area (Å²) in [5.41, 5.74) is 3.52. The van der Waals surface area contributed by atoms with E-state index < -0.39 is 0 Å². The standard InChI is InChI=1S/C17H21NOS/c1-12-8-9-16(17(10-12)19-3)13(2)18-14-6-5-7-15(11-14)20-4/h5-11,13,18H,1-4H3. The zero-order valence-electron chi connectivity index (χ0n) is 12.4. The molecular weight excluding hydrogens is 266 g/mol. The Morgan fingerprint density at radius 1 is 1.15 bits per heavy atom. The first-order chi connectivity index (χ1) is 9.63. The third kappa shape index (κ3) is 3.48. The molecule has 0 spiro atoms. The molecular formula is C17H21NOS. The Morgan fingerprint density at radius 2 is 1.95 bits per heavy atom. The number of ether oxygens (including phenoxy) is 1. The molecule has 1 N–H and O–H groups in total. The Kier molecular flexibility index (Phi) is 4.96. The molecule has 0 saturated carbocycles. The number of rotatable bonds is 5. The van der Waals surface area contributed by atoms with Crippen molar-refractivity contribution in [2.75, 3.05) is 18.7 Å². The van der Waals surface area contributed by atoms with Crippen LogP contribution in [0.4, 0.5) is 5.69 Å².